The molecule has 6 nitrogen and oxygen atoms in total. The largest absolute Gasteiger partial charge is 0.508 e. The van der Waals surface area contributed by atoms with Crippen LogP contribution in [0, 0.1) is 0 Å². The Bertz CT molecular complexity index is 1050. The van der Waals surface area contributed by atoms with Gasteiger partial charge in [0.2, 0.25) is 0 Å². The van der Waals surface area contributed by atoms with Crippen molar-refractivity contribution in [2.45, 2.75) is 0 Å². The maximum absolute atomic E-state index is 12.8. The van der Waals surface area contributed by atoms with Crippen molar-refractivity contribution in [3.05, 3.63) is 101 Å². The summed E-state index contributed by atoms with van der Waals surface area (Å²) in [5, 5.41) is 14.7. The molecule has 0 radical (unpaired) electrons. The summed E-state index contributed by atoms with van der Waals surface area (Å²) in [5.74, 6) is -0.610. The van der Waals surface area contributed by atoms with Crippen molar-refractivity contribution in [1.29, 1.82) is 0 Å². The van der Waals surface area contributed by atoms with E-state index in [0.717, 1.165) is 4.47 Å². The molecule has 2 amide bonds. The Morgan fingerprint density at radius 2 is 1.66 bits per heavy atom. The van der Waals surface area contributed by atoms with E-state index >= 15 is 0 Å². The summed E-state index contributed by atoms with van der Waals surface area (Å²) < 4.78 is 6.10. The predicted molar refractivity (Wildman–Crippen MR) is 115 cm³/mol. The van der Waals surface area contributed by atoms with Crippen molar-refractivity contribution >= 4 is 45.3 Å². The van der Waals surface area contributed by atoms with Crippen LogP contribution < -0.4 is 10.6 Å². The highest BCUT2D eigenvalue weighted by molar-refractivity contribution is 9.10. The molecule has 0 fully saturated rings. The van der Waals surface area contributed by atoms with E-state index in [2.05, 4.69) is 33.1 Å². The first-order valence-electron chi connectivity index (χ1n) is 8.54. The summed E-state index contributed by atoms with van der Waals surface area (Å²) in [6, 6.07) is 16.6. The first kappa shape index (κ1) is 20.2. The molecule has 7 heteroatoms. The Morgan fingerprint density at radius 3 is 2.24 bits per heavy atom. The third-order valence-corrected chi connectivity index (χ3v) is 4.43. The summed E-state index contributed by atoms with van der Waals surface area (Å²) >= 11 is 3.32. The first-order chi connectivity index (χ1) is 13.9. The summed E-state index contributed by atoms with van der Waals surface area (Å²) in [5.41, 5.74) is 1.45. The first-order valence-corrected chi connectivity index (χ1v) is 9.33. The Balaban J connectivity index is 1.81. The van der Waals surface area contributed by atoms with Crippen LogP contribution in [0.4, 0.5) is 5.69 Å². The van der Waals surface area contributed by atoms with Gasteiger partial charge in [-0.25, -0.2) is 0 Å². The number of aliphatic hydroxyl groups is 1. The van der Waals surface area contributed by atoms with Crippen LogP contribution in [0.25, 0.3) is 11.8 Å². The average Bonchev–Trinajstić information content (AvgIpc) is 3.21. The molecule has 146 valence electrons. The van der Waals surface area contributed by atoms with Crippen molar-refractivity contribution in [3.63, 3.8) is 0 Å². The van der Waals surface area contributed by atoms with Crippen LogP contribution in [0.3, 0.4) is 0 Å². The second kappa shape index (κ2) is 9.07. The zero-order valence-electron chi connectivity index (χ0n) is 15.2. The highest BCUT2D eigenvalue weighted by Crippen LogP contribution is 2.16. The Labute approximate surface area is 175 Å². The third kappa shape index (κ3) is 5.46. The van der Waals surface area contributed by atoms with Crippen LogP contribution in [-0.2, 0) is 4.79 Å². The number of anilines is 1. The number of hydrogen-bond donors (Lipinski definition) is 3. The quantitative estimate of drug-likeness (QED) is 0.363. The van der Waals surface area contributed by atoms with Gasteiger partial charge in [-0.05, 0) is 60.7 Å². The number of carbonyl (C=O) groups excluding carboxylic acids is 2. The summed E-state index contributed by atoms with van der Waals surface area (Å²) in [4.78, 5) is 25.3. The van der Waals surface area contributed by atoms with E-state index in [1.807, 2.05) is 0 Å². The molecule has 0 bridgehead atoms. The van der Waals surface area contributed by atoms with Crippen molar-refractivity contribution in [2.24, 2.45) is 0 Å². The van der Waals surface area contributed by atoms with E-state index in [4.69, 9.17) is 4.42 Å². The monoisotopic (exact) mass is 452 g/mol. The molecule has 1 heterocycles. The topological polar surface area (TPSA) is 91.6 Å². The molecule has 3 rings (SSSR count). The molecule has 3 N–H and O–H groups in total. The lowest BCUT2D eigenvalue weighted by atomic mass is 10.2. The normalized spacial score (nSPS) is 11.0. The van der Waals surface area contributed by atoms with Gasteiger partial charge in [0.25, 0.3) is 11.8 Å². The van der Waals surface area contributed by atoms with Crippen LogP contribution in [0.15, 0.2) is 88.1 Å². The number of hydrogen-bond acceptors (Lipinski definition) is 4. The summed E-state index contributed by atoms with van der Waals surface area (Å²) in [6.45, 7) is 3.45. The van der Waals surface area contributed by atoms with Crippen LogP contribution in [0.1, 0.15) is 21.7 Å². The van der Waals surface area contributed by atoms with Crippen LogP contribution in [0.5, 0.6) is 0 Å². The van der Waals surface area contributed by atoms with Crippen molar-refractivity contribution in [2.75, 3.05) is 5.32 Å². The highest BCUT2D eigenvalue weighted by Gasteiger charge is 2.16. The number of amides is 2. The van der Waals surface area contributed by atoms with Crippen molar-refractivity contribution in [1.82, 2.24) is 5.32 Å². The zero-order chi connectivity index (χ0) is 20.8. The van der Waals surface area contributed by atoms with E-state index in [1.54, 1.807) is 60.7 Å². The van der Waals surface area contributed by atoms with Gasteiger partial charge in [0.15, 0.2) is 0 Å². The van der Waals surface area contributed by atoms with Gasteiger partial charge in [-0.1, -0.05) is 22.5 Å². The number of rotatable bonds is 6. The summed E-state index contributed by atoms with van der Waals surface area (Å²) in [7, 11) is 0. The maximum atomic E-state index is 12.8. The van der Waals surface area contributed by atoms with Crippen LogP contribution in [0.2, 0.25) is 0 Å². The molecule has 0 aliphatic rings. The van der Waals surface area contributed by atoms with E-state index in [9.17, 15) is 14.7 Å². The van der Waals surface area contributed by atoms with Crippen molar-refractivity contribution in [3.8, 4) is 0 Å². The minimum absolute atomic E-state index is 0.0171. The second-order valence-corrected chi connectivity index (χ2v) is 6.93. The van der Waals surface area contributed by atoms with Crippen molar-refractivity contribution < 1.29 is 19.1 Å². The SMILES string of the molecule is C=C(O)c1ccc(NC(=O)/C(=C\c2ccco2)NC(=O)c2ccc(Br)cc2)cc1. The number of furan rings is 1. The molecular weight excluding hydrogens is 436 g/mol. The van der Waals surface area contributed by atoms with E-state index in [0.29, 0.717) is 22.6 Å². The van der Waals surface area contributed by atoms with Gasteiger partial charge < -0.3 is 20.2 Å². The predicted octanol–water partition coefficient (Wildman–Crippen LogP) is 4.98. The number of benzene rings is 2. The van der Waals surface area contributed by atoms with Gasteiger partial charge in [-0.15, -0.1) is 0 Å². The fraction of sp³-hybridized carbons (Fsp3) is 0. The van der Waals surface area contributed by atoms with Crippen LogP contribution >= 0.6 is 15.9 Å². The second-order valence-electron chi connectivity index (χ2n) is 6.01. The Morgan fingerprint density at radius 1 is 1.00 bits per heavy atom. The van der Waals surface area contributed by atoms with Gasteiger partial charge in [-0.2, -0.15) is 0 Å². The van der Waals surface area contributed by atoms with E-state index in [1.165, 1.54) is 12.3 Å². The maximum Gasteiger partial charge on any atom is 0.272 e. The fourth-order valence-corrected chi connectivity index (χ4v) is 2.68. The lowest BCUT2D eigenvalue weighted by Gasteiger charge is -2.11. The van der Waals surface area contributed by atoms with Gasteiger partial charge in [0.05, 0.1) is 6.26 Å². The molecule has 2 aromatic carbocycles. The molecule has 0 aliphatic carbocycles. The Kier molecular flexibility index (Phi) is 6.31. The molecule has 0 unspecified atom stereocenters. The van der Waals surface area contributed by atoms with E-state index < -0.39 is 11.8 Å². The van der Waals surface area contributed by atoms with Crippen LogP contribution in [-0.4, -0.2) is 16.9 Å². The zero-order valence-corrected chi connectivity index (χ0v) is 16.8. The molecule has 0 atom stereocenters. The molecule has 0 saturated carbocycles. The van der Waals surface area contributed by atoms with Gasteiger partial charge >= 0.3 is 0 Å². The van der Waals surface area contributed by atoms with E-state index in [-0.39, 0.29) is 11.5 Å². The Hall–Kier alpha value is -3.58. The molecular formula is C22H17BrN2O4. The fourth-order valence-electron chi connectivity index (χ4n) is 2.41. The smallest absolute Gasteiger partial charge is 0.272 e. The molecule has 0 aliphatic heterocycles. The lowest BCUT2D eigenvalue weighted by molar-refractivity contribution is -0.113. The number of nitrogens with one attached hydrogen (secondary N) is 2. The van der Waals surface area contributed by atoms with Gasteiger partial charge in [0.1, 0.15) is 17.2 Å². The molecule has 3 aromatic rings. The highest BCUT2D eigenvalue weighted by atomic mass is 79.9. The molecule has 0 spiro atoms. The summed E-state index contributed by atoms with van der Waals surface area (Å²) in [6.07, 6.45) is 2.91. The lowest BCUT2D eigenvalue weighted by Crippen LogP contribution is -2.30. The van der Waals surface area contributed by atoms with Gasteiger partial charge in [-0.3, -0.25) is 9.59 Å². The third-order valence-electron chi connectivity index (χ3n) is 3.91. The average molecular weight is 453 g/mol. The molecule has 29 heavy (non-hydrogen) atoms. The number of halogens is 1. The minimum Gasteiger partial charge on any atom is -0.508 e. The molecule has 1 aromatic heterocycles. The minimum atomic E-state index is -0.526. The standard InChI is InChI=1S/C22H17BrN2O4/c1-14(26)15-6-10-18(11-7-15)24-22(28)20(13-19-3-2-12-29-19)25-21(27)16-4-8-17(23)9-5-16/h2-13,26H,1H2,(H,24,28)(H,25,27)/b20-13+. The number of aliphatic hydroxyl groups excluding tert-OH is 1. The number of carbonyl (C=O) groups is 2. The van der Waals surface area contributed by atoms with Gasteiger partial charge in [0, 0.05) is 27.4 Å². The molecule has 0 saturated heterocycles.